The van der Waals surface area contributed by atoms with E-state index in [-0.39, 0.29) is 6.61 Å². The summed E-state index contributed by atoms with van der Waals surface area (Å²) in [6, 6.07) is 8.35. The van der Waals surface area contributed by atoms with Gasteiger partial charge in [0, 0.05) is 6.20 Å². The molecule has 0 fully saturated rings. The lowest BCUT2D eigenvalue weighted by atomic mass is 10.1. The molecule has 120 valence electrons. The second-order valence-electron chi connectivity index (χ2n) is 4.90. The Labute approximate surface area is 134 Å². The zero-order chi connectivity index (χ0) is 16.7. The zero-order valence-electron chi connectivity index (χ0n) is 12.9. The lowest BCUT2D eigenvalue weighted by molar-refractivity contribution is -0.123. The van der Waals surface area contributed by atoms with Crippen LogP contribution in [-0.2, 0) is 4.79 Å². The van der Waals surface area contributed by atoms with Crippen LogP contribution in [0.3, 0.4) is 0 Å². The monoisotopic (exact) mass is 314 g/mol. The number of carbonyl (C=O) groups excluding carboxylic acids is 2. The van der Waals surface area contributed by atoms with Crippen molar-refractivity contribution in [2.24, 2.45) is 0 Å². The van der Waals surface area contributed by atoms with Crippen LogP contribution in [0.4, 0.5) is 10.5 Å². The van der Waals surface area contributed by atoms with Gasteiger partial charge in [0.1, 0.15) is 5.75 Å². The molecule has 2 rings (SSSR count). The number of carbonyl (C=O) groups is 2. The van der Waals surface area contributed by atoms with E-state index in [1.165, 1.54) is 6.20 Å². The number of aromatic nitrogens is 1. The number of pyridine rings is 1. The number of hydrogen-bond donors (Lipinski definition) is 3. The van der Waals surface area contributed by atoms with E-state index in [9.17, 15) is 9.59 Å². The smallest absolute Gasteiger partial charge is 0.337 e. The van der Waals surface area contributed by atoms with Gasteiger partial charge in [0.25, 0.3) is 5.91 Å². The summed E-state index contributed by atoms with van der Waals surface area (Å²) >= 11 is 0. The van der Waals surface area contributed by atoms with Gasteiger partial charge in [0.2, 0.25) is 0 Å². The Balaban J connectivity index is 1.72. The summed E-state index contributed by atoms with van der Waals surface area (Å²) in [6.07, 6.45) is 3.08. The third-order valence-electron chi connectivity index (χ3n) is 3.08. The Hall–Kier alpha value is -3.09. The summed E-state index contributed by atoms with van der Waals surface area (Å²) in [4.78, 5) is 27.1. The molecule has 2 aromatic rings. The van der Waals surface area contributed by atoms with Crippen LogP contribution in [0.15, 0.2) is 42.7 Å². The maximum absolute atomic E-state index is 11.6. The van der Waals surface area contributed by atoms with Crippen molar-refractivity contribution in [3.8, 4) is 5.75 Å². The van der Waals surface area contributed by atoms with Crippen molar-refractivity contribution < 1.29 is 14.3 Å². The first-order valence-electron chi connectivity index (χ1n) is 7.00. The van der Waals surface area contributed by atoms with E-state index in [0.717, 1.165) is 11.1 Å². The van der Waals surface area contributed by atoms with Crippen molar-refractivity contribution in [3.63, 3.8) is 0 Å². The summed E-state index contributed by atoms with van der Waals surface area (Å²) in [5.41, 5.74) is 7.23. The minimum Gasteiger partial charge on any atom is -0.484 e. The van der Waals surface area contributed by atoms with Crippen LogP contribution in [0.2, 0.25) is 0 Å². The third-order valence-corrected chi connectivity index (χ3v) is 3.08. The Morgan fingerprint density at radius 3 is 2.65 bits per heavy atom. The highest BCUT2D eigenvalue weighted by Crippen LogP contribution is 2.16. The van der Waals surface area contributed by atoms with Crippen molar-refractivity contribution in [3.05, 3.63) is 53.9 Å². The van der Waals surface area contributed by atoms with Crippen molar-refractivity contribution in [2.75, 3.05) is 11.9 Å². The van der Waals surface area contributed by atoms with Crippen LogP contribution < -0.4 is 20.9 Å². The number of nitrogens with zero attached hydrogens (tertiary/aromatic N) is 1. The fourth-order valence-corrected chi connectivity index (χ4v) is 1.71. The Bertz CT molecular complexity index is 689. The maximum atomic E-state index is 11.6. The molecule has 0 spiro atoms. The van der Waals surface area contributed by atoms with Gasteiger partial charge in [-0.3, -0.25) is 15.2 Å². The van der Waals surface area contributed by atoms with E-state index < -0.39 is 11.9 Å². The Morgan fingerprint density at radius 1 is 1.13 bits per heavy atom. The first-order valence-corrected chi connectivity index (χ1v) is 7.00. The molecule has 0 atom stereocenters. The largest absolute Gasteiger partial charge is 0.484 e. The number of benzene rings is 1. The third kappa shape index (κ3) is 5.31. The van der Waals surface area contributed by atoms with Gasteiger partial charge in [-0.2, -0.15) is 0 Å². The summed E-state index contributed by atoms with van der Waals surface area (Å²) < 4.78 is 5.36. The first-order chi connectivity index (χ1) is 11.0. The molecule has 7 heteroatoms. The topological polar surface area (TPSA) is 92.4 Å². The van der Waals surface area contributed by atoms with Gasteiger partial charge in [0.15, 0.2) is 6.61 Å². The van der Waals surface area contributed by atoms with E-state index in [0.29, 0.717) is 11.4 Å². The average Bonchev–Trinajstić information content (AvgIpc) is 2.55. The lowest BCUT2D eigenvalue weighted by Crippen LogP contribution is -2.45. The highest BCUT2D eigenvalue weighted by atomic mass is 16.5. The predicted octanol–water partition coefficient (Wildman–Crippen LogP) is 1.93. The van der Waals surface area contributed by atoms with Gasteiger partial charge in [-0.05, 0) is 49.2 Å². The van der Waals surface area contributed by atoms with Gasteiger partial charge < -0.3 is 10.1 Å². The first kappa shape index (κ1) is 16.3. The second-order valence-corrected chi connectivity index (χ2v) is 4.90. The van der Waals surface area contributed by atoms with Crippen LogP contribution in [0.1, 0.15) is 11.1 Å². The summed E-state index contributed by atoms with van der Waals surface area (Å²) in [5.74, 6) is 0.132. The van der Waals surface area contributed by atoms with E-state index in [1.807, 2.05) is 26.0 Å². The molecule has 1 aromatic heterocycles. The molecule has 23 heavy (non-hydrogen) atoms. The van der Waals surface area contributed by atoms with Crippen molar-refractivity contribution in [2.45, 2.75) is 13.8 Å². The van der Waals surface area contributed by atoms with E-state index >= 15 is 0 Å². The highest BCUT2D eigenvalue weighted by molar-refractivity contribution is 5.90. The predicted molar refractivity (Wildman–Crippen MR) is 85.9 cm³/mol. The van der Waals surface area contributed by atoms with Crippen molar-refractivity contribution >= 4 is 17.6 Å². The number of hydrazine groups is 1. The summed E-state index contributed by atoms with van der Waals surface area (Å²) in [7, 11) is 0. The zero-order valence-corrected chi connectivity index (χ0v) is 12.9. The molecular formula is C16H18N4O3. The second kappa shape index (κ2) is 7.79. The molecule has 0 saturated heterocycles. The van der Waals surface area contributed by atoms with Crippen molar-refractivity contribution in [1.82, 2.24) is 15.8 Å². The van der Waals surface area contributed by atoms with E-state index in [4.69, 9.17) is 4.74 Å². The number of ether oxygens (including phenoxy) is 1. The number of nitrogens with one attached hydrogen (secondary N) is 3. The summed E-state index contributed by atoms with van der Waals surface area (Å²) in [6.45, 7) is 3.76. The normalized spacial score (nSPS) is 9.83. The Kier molecular flexibility index (Phi) is 5.51. The van der Waals surface area contributed by atoms with Gasteiger partial charge in [-0.15, -0.1) is 0 Å². The minimum absolute atomic E-state index is 0.199. The van der Waals surface area contributed by atoms with Crippen LogP contribution >= 0.6 is 0 Å². The molecule has 0 bridgehead atoms. The molecule has 0 aliphatic rings. The van der Waals surface area contributed by atoms with Crippen molar-refractivity contribution in [1.29, 1.82) is 0 Å². The maximum Gasteiger partial charge on any atom is 0.337 e. The average molecular weight is 314 g/mol. The number of rotatable bonds is 4. The van der Waals surface area contributed by atoms with Crippen LogP contribution in [-0.4, -0.2) is 23.5 Å². The van der Waals surface area contributed by atoms with Crippen LogP contribution in [0.25, 0.3) is 0 Å². The molecule has 3 N–H and O–H groups in total. The fourth-order valence-electron chi connectivity index (χ4n) is 1.71. The molecule has 0 aliphatic heterocycles. The molecule has 0 unspecified atom stereocenters. The number of aryl methyl sites for hydroxylation is 2. The number of anilines is 1. The molecule has 0 saturated carbocycles. The van der Waals surface area contributed by atoms with Gasteiger partial charge >= 0.3 is 6.03 Å². The Morgan fingerprint density at radius 2 is 1.96 bits per heavy atom. The molecule has 1 aromatic carbocycles. The fraction of sp³-hybridized carbons (Fsp3) is 0.188. The van der Waals surface area contributed by atoms with Gasteiger partial charge in [-0.25, -0.2) is 10.2 Å². The quantitative estimate of drug-likeness (QED) is 0.752. The van der Waals surface area contributed by atoms with Crippen LogP contribution in [0.5, 0.6) is 5.75 Å². The molecule has 7 nitrogen and oxygen atoms in total. The number of hydrogen-bond acceptors (Lipinski definition) is 4. The summed E-state index contributed by atoms with van der Waals surface area (Å²) in [5, 5.41) is 2.52. The van der Waals surface area contributed by atoms with Crippen LogP contribution in [0, 0.1) is 13.8 Å². The highest BCUT2D eigenvalue weighted by Gasteiger charge is 2.06. The number of amides is 3. The SMILES string of the molecule is Cc1ccc(OCC(=O)NNC(=O)Nc2cccnc2)cc1C. The molecular weight excluding hydrogens is 296 g/mol. The minimum atomic E-state index is -0.572. The molecule has 3 amide bonds. The standard InChI is InChI=1S/C16H18N4O3/c1-11-5-6-14(8-12(11)2)23-10-15(21)19-20-16(22)18-13-4-3-7-17-9-13/h3-9H,10H2,1-2H3,(H,19,21)(H2,18,20,22). The lowest BCUT2D eigenvalue weighted by Gasteiger charge is -2.10. The van der Waals surface area contributed by atoms with Gasteiger partial charge in [0.05, 0.1) is 11.9 Å². The molecule has 0 radical (unpaired) electrons. The van der Waals surface area contributed by atoms with E-state index in [1.54, 1.807) is 24.4 Å². The van der Waals surface area contributed by atoms with Gasteiger partial charge in [-0.1, -0.05) is 6.07 Å². The molecule has 0 aliphatic carbocycles. The molecule has 1 heterocycles. The number of urea groups is 1. The van der Waals surface area contributed by atoms with E-state index in [2.05, 4.69) is 21.2 Å².